The first-order chi connectivity index (χ1) is 11.1. The van der Waals surface area contributed by atoms with Gasteiger partial charge in [-0.25, -0.2) is 9.79 Å². The first-order valence-electron chi connectivity index (χ1n) is 6.86. The number of benzene rings is 2. The Balaban J connectivity index is 1.85. The molecular formula is C18H12BrNO3. The van der Waals surface area contributed by atoms with Gasteiger partial charge < -0.3 is 9.84 Å². The van der Waals surface area contributed by atoms with Gasteiger partial charge in [-0.1, -0.05) is 46.3 Å². The molecule has 0 saturated carbocycles. The van der Waals surface area contributed by atoms with Crippen LogP contribution in [0.2, 0.25) is 0 Å². The van der Waals surface area contributed by atoms with E-state index in [2.05, 4.69) is 20.9 Å². The number of phenols is 1. The second-order valence-corrected chi connectivity index (χ2v) is 5.73. The zero-order valence-corrected chi connectivity index (χ0v) is 13.5. The molecule has 23 heavy (non-hydrogen) atoms. The molecule has 0 unspecified atom stereocenters. The van der Waals surface area contributed by atoms with Gasteiger partial charge in [0.15, 0.2) is 5.70 Å². The highest BCUT2D eigenvalue weighted by atomic mass is 79.9. The van der Waals surface area contributed by atoms with Crippen LogP contribution in [-0.4, -0.2) is 17.0 Å². The van der Waals surface area contributed by atoms with Crippen LogP contribution >= 0.6 is 15.9 Å². The number of halogens is 1. The van der Waals surface area contributed by atoms with E-state index in [0.29, 0.717) is 5.56 Å². The molecule has 0 atom stereocenters. The predicted octanol–water partition coefficient (Wildman–Crippen LogP) is 4.16. The van der Waals surface area contributed by atoms with Crippen LogP contribution in [0.3, 0.4) is 0 Å². The summed E-state index contributed by atoms with van der Waals surface area (Å²) in [6.45, 7) is 0. The summed E-state index contributed by atoms with van der Waals surface area (Å²) in [5, 5.41) is 9.82. The summed E-state index contributed by atoms with van der Waals surface area (Å²) in [5.74, 6) is -0.256. The number of cyclic esters (lactones) is 1. The summed E-state index contributed by atoms with van der Waals surface area (Å²) in [6, 6.07) is 14.6. The van der Waals surface area contributed by atoms with Gasteiger partial charge in [-0.15, -0.1) is 0 Å². The molecule has 0 radical (unpaired) electrons. The van der Waals surface area contributed by atoms with Crippen molar-refractivity contribution >= 4 is 39.9 Å². The van der Waals surface area contributed by atoms with E-state index in [1.807, 2.05) is 36.4 Å². The highest BCUT2D eigenvalue weighted by molar-refractivity contribution is 9.10. The topological polar surface area (TPSA) is 58.9 Å². The molecule has 1 aliphatic rings. The Morgan fingerprint density at radius 1 is 1.09 bits per heavy atom. The van der Waals surface area contributed by atoms with Crippen molar-refractivity contribution in [2.75, 3.05) is 0 Å². The van der Waals surface area contributed by atoms with E-state index in [-0.39, 0.29) is 17.3 Å². The van der Waals surface area contributed by atoms with Crippen molar-refractivity contribution in [1.82, 2.24) is 0 Å². The van der Waals surface area contributed by atoms with E-state index in [0.717, 1.165) is 10.0 Å². The number of carbonyl (C=O) groups excluding carboxylic acids is 1. The summed E-state index contributed by atoms with van der Waals surface area (Å²) >= 11 is 3.32. The van der Waals surface area contributed by atoms with E-state index in [1.54, 1.807) is 18.2 Å². The van der Waals surface area contributed by atoms with E-state index in [4.69, 9.17) is 4.74 Å². The second kappa shape index (κ2) is 6.62. The van der Waals surface area contributed by atoms with Crippen LogP contribution in [0.1, 0.15) is 11.1 Å². The normalized spacial score (nSPS) is 16.0. The Bertz CT molecular complexity index is 839. The van der Waals surface area contributed by atoms with Crippen molar-refractivity contribution in [3.8, 4) is 5.75 Å². The van der Waals surface area contributed by atoms with Crippen LogP contribution in [-0.2, 0) is 9.53 Å². The first-order valence-corrected chi connectivity index (χ1v) is 7.65. The standard InChI is InChI=1S/C18H12BrNO3/c19-14-7-8-16(21)13(10-14)11-15-18(22)23-17(20-15)9-6-12-4-2-1-3-5-12/h1-11,21H. The molecule has 0 fully saturated rings. The number of aromatic hydroxyl groups is 1. The van der Waals surface area contributed by atoms with Crippen molar-refractivity contribution in [2.45, 2.75) is 0 Å². The van der Waals surface area contributed by atoms with E-state index in [9.17, 15) is 9.90 Å². The van der Waals surface area contributed by atoms with Crippen LogP contribution in [0.25, 0.3) is 12.2 Å². The lowest BCUT2D eigenvalue weighted by molar-refractivity contribution is -0.129. The lowest BCUT2D eigenvalue weighted by Crippen LogP contribution is -2.01. The molecule has 4 nitrogen and oxygen atoms in total. The molecule has 0 amide bonds. The maximum absolute atomic E-state index is 11.9. The summed E-state index contributed by atoms with van der Waals surface area (Å²) in [6.07, 6.45) is 4.94. The molecule has 2 aromatic rings. The van der Waals surface area contributed by atoms with Gasteiger partial charge in [-0.2, -0.15) is 0 Å². The second-order valence-electron chi connectivity index (χ2n) is 4.82. The minimum Gasteiger partial charge on any atom is -0.507 e. The number of hydrogen-bond donors (Lipinski definition) is 1. The third-order valence-electron chi connectivity index (χ3n) is 3.14. The average molecular weight is 370 g/mol. The number of rotatable bonds is 3. The van der Waals surface area contributed by atoms with Crippen molar-refractivity contribution in [3.05, 3.63) is 75.9 Å². The van der Waals surface area contributed by atoms with E-state index >= 15 is 0 Å². The maximum atomic E-state index is 11.9. The Hall–Kier alpha value is -2.66. The molecule has 0 bridgehead atoms. The molecule has 114 valence electrons. The predicted molar refractivity (Wildman–Crippen MR) is 92.8 cm³/mol. The van der Waals surface area contributed by atoms with Gasteiger partial charge >= 0.3 is 5.97 Å². The van der Waals surface area contributed by atoms with Gasteiger partial charge in [0.25, 0.3) is 0 Å². The van der Waals surface area contributed by atoms with E-state index < -0.39 is 5.97 Å². The highest BCUT2D eigenvalue weighted by Gasteiger charge is 2.21. The quantitative estimate of drug-likeness (QED) is 0.652. The summed E-state index contributed by atoms with van der Waals surface area (Å²) in [5.41, 5.74) is 1.61. The summed E-state index contributed by atoms with van der Waals surface area (Å²) < 4.78 is 5.89. The number of esters is 1. The number of nitrogens with zero attached hydrogens (tertiary/aromatic N) is 1. The lowest BCUT2D eigenvalue weighted by Gasteiger charge is -1.99. The van der Waals surface area contributed by atoms with Gasteiger partial charge in [0.2, 0.25) is 5.90 Å². The Morgan fingerprint density at radius 3 is 2.65 bits per heavy atom. The molecule has 1 N–H and O–H groups in total. The number of carbonyl (C=O) groups is 1. The Kier molecular flexibility index (Phi) is 4.39. The lowest BCUT2D eigenvalue weighted by atomic mass is 10.1. The Labute approximate surface area is 141 Å². The van der Waals surface area contributed by atoms with Gasteiger partial charge in [0.1, 0.15) is 5.75 Å². The zero-order chi connectivity index (χ0) is 16.2. The molecule has 1 aliphatic heterocycles. The van der Waals surface area contributed by atoms with Crippen LogP contribution in [0, 0.1) is 0 Å². The monoisotopic (exact) mass is 369 g/mol. The van der Waals surface area contributed by atoms with Gasteiger partial charge in [0, 0.05) is 16.1 Å². The van der Waals surface area contributed by atoms with Crippen LogP contribution in [0.4, 0.5) is 0 Å². The first kappa shape index (κ1) is 15.2. The molecule has 0 aliphatic carbocycles. The molecule has 0 aromatic heterocycles. The molecule has 5 heteroatoms. The molecule has 2 aromatic carbocycles. The maximum Gasteiger partial charge on any atom is 0.363 e. The molecule has 1 heterocycles. The van der Waals surface area contributed by atoms with Gasteiger partial charge in [0.05, 0.1) is 0 Å². The third kappa shape index (κ3) is 3.76. The van der Waals surface area contributed by atoms with Gasteiger partial charge in [-0.3, -0.25) is 0 Å². The minimum atomic E-state index is -0.544. The van der Waals surface area contributed by atoms with E-state index in [1.165, 1.54) is 12.1 Å². The minimum absolute atomic E-state index is 0.0666. The molecule has 3 rings (SSSR count). The van der Waals surface area contributed by atoms with Crippen molar-refractivity contribution in [3.63, 3.8) is 0 Å². The number of hydrogen-bond acceptors (Lipinski definition) is 4. The van der Waals surface area contributed by atoms with Crippen molar-refractivity contribution < 1.29 is 14.6 Å². The summed E-state index contributed by atoms with van der Waals surface area (Å²) in [7, 11) is 0. The average Bonchev–Trinajstić information content (AvgIpc) is 2.90. The van der Waals surface area contributed by atoms with Crippen LogP contribution in [0.15, 0.2) is 69.8 Å². The SMILES string of the molecule is O=C1OC(C=Cc2ccccc2)=NC1=Cc1cc(Br)ccc1O. The fourth-order valence-corrected chi connectivity index (χ4v) is 2.40. The number of phenolic OH excluding ortho intramolecular Hbond substituents is 1. The largest absolute Gasteiger partial charge is 0.507 e. The molecule has 0 saturated heterocycles. The summed E-state index contributed by atoms with van der Waals surface area (Å²) in [4.78, 5) is 16.0. The zero-order valence-electron chi connectivity index (χ0n) is 11.9. The van der Waals surface area contributed by atoms with Crippen LogP contribution < -0.4 is 0 Å². The third-order valence-corrected chi connectivity index (χ3v) is 3.63. The molecular weight excluding hydrogens is 358 g/mol. The van der Waals surface area contributed by atoms with Crippen molar-refractivity contribution in [2.24, 2.45) is 4.99 Å². The fourth-order valence-electron chi connectivity index (χ4n) is 2.02. The molecule has 0 spiro atoms. The Morgan fingerprint density at radius 2 is 1.87 bits per heavy atom. The number of aliphatic imine (C=N–C) groups is 1. The van der Waals surface area contributed by atoms with Crippen molar-refractivity contribution in [1.29, 1.82) is 0 Å². The smallest absolute Gasteiger partial charge is 0.363 e. The van der Waals surface area contributed by atoms with Crippen LogP contribution in [0.5, 0.6) is 5.75 Å². The highest BCUT2D eigenvalue weighted by Crippen LogP contribution is 2.26. The number of ether oxygens (including phenoxy) is 1. The fraction of sp³-hybridized carbons (Fsp3) is 0. The van der Waals surface area contributed by atoms with Gasteiger partial charge in [-0.05, 0) is 35.9 Å².